The molecule has 3 atom stereocenters. The Balaban J connectivity index is 1.38. The van der Waals surface area contributed by atoms with Crippen molar-refractivity contribution >= 4 is 5.91 Å². The molecule has 4 rings (SSSR count). The van der Waals surface area contributed by atoms with Crippen molar-refractivity contribution in [3.05, 3.63) is 60.2 Å². The van der Waals surface area contributed by atoms with Gasteiger partial charge in [-0.25, -0.2) is 0 Å². The highest BCUT2D eigenvalue weighted by Crippen LogP contribution is 2.43. The number of nitrogens with zero attached hydrogens (tertiary/aromatic N) is 2. The molecule has 0 unspecified atom stereocenters. The van der Waals surface area contributed by atoms with Crippen LogP contribution in [-0.4, -0.2) is 56.1 Å². The van der Waals surface area contributed by atoms with Gasteiger partial charge in [0.05, 0.1) is 7.11 Å². The largest absolute Gasteiger partial charge is 0.497 e. The summed E-state index contributed by atoms with van der Waals surface area (Å²) < 4.78 is 10.9. The second kappa shape index (κ2) is 7.61. The SMILES string of the molecule is COc1cccc(OCC(=O)N2C[C@@H]3CN(C)[C@@H](c4ccccc4)[C@@H]3C2)c1. The van der Waals surface area contributed by atoms with Crippen LogP contribution in [0.1, 0.15) is 11.6 Å². The number of likely N-dealkylation sites (tertiary alicyclic amines) is 2. The van der Waals surface area contributed by atoms with Gasteiger partial charge in [-0.15, -0.1) is 0 Å². The maximum absolute atomic E-state index is 12.7. The molecule has 2 aliphatic heterocycles. The van der Waals surface area contributed by atoms with Crippen LogP contribution in [0.2, 0.25) is 0 Å². The van der Waals surface area contributed by atoms with Gasteiger partial charge < -0.3 is 14.4 Å². The zero-order chi connectivity index (χ0) is 18.8. The molecule has 0 radical (unpaired) electrons. The minimum Gasteiger partial charge on any atom is -0.497 e. The first kappa shape index (κ1) is 17.9. The van der Waals surface area contributed by atoms with Gasteiger partial charge in [0.25, 0.3) is 5.91 Å². The van der Waals surface area contributed by atoms with Gasteiger partial charge in [0.15, 0.2) is 6.61 Å². The summed E-state index contributed by atoms with van der Waals surface area (Å²) in [6.07, 6.45) is 0. The molecular formula is C22H26N2O3. The van der Waals surface area contributed by atoms with Crippen LogP contribution in [0.4, 0.5) is 0 Å². The number of benzene rings is 2. The van der Waals surface area contributed by atoms with Gasteiger partial charge in [0, 0.05) is 37.7 Å². The predicted octanol–water partition coefficient (Wildman–Crippen LogP) is 2.84. The lowest BCUT2D eigenvalue weighted by Gasteiger charge is -2.26. The third-order valence-corrected chi connectivity index (χ3v) is 5.79. The van der Waals surface area contributed by atoms with Crippen LogP contribution in [-0.2, 0) is 4.79 Å². The van der Waals surface area contributed by atoms with Crippen molar-refractivity contribution in [2.75, 3.05) is 40.4 Å². The molecule has 5 nitrogen and oxygen atoms in total. The molecule has 142 valence electrons. The average molecular weight is 366 g/mol. The third-order valence-electron chi connectivity index (χ3n) is 5.79. The maximum Gasteiger partial charge on any atom is 0.260 e. The summed E-state index contributed by atoms with van der Waals surface area (Å²) in [6.45, 7) is 2.72. The van der Waals surface area contributed by atoms with Crippen molar-refractivity contribution in [3.8, 4) is 11.5 Å². The third kappa shape index (κ3) is 3.65. The zero-order valence-electron chi connectivity index (χ0n) is 15.9. The van der Waals surface area contributed by atoms with Gasteiger partial charge in [-0.3, -0.25) is 9.69 Å². The van der Waals surface area contributed by atoms with E-state index in [2.05, 4.69) is 42.3 Å². The summed E-state index contributed by atoms with van der Waals surface area (Å²) >= 11 is 0. The second-order valence-corrected chi connectivity index (χ2v) is 7.49. The number of ether oxygens (including phenoxy) is 2. The molecule has 27 heavy (non-hydrogen) atoms. The Morgan fingerprint density at radius 3 is 2.59 bits per heavy atom. The van der Waals surface area contributed by atoms with Crippen molar-refractivity contribution in [3.63, 3.8) is 0 Å². The van der Waals surface area contributed by atoms with E-state index in [1.165, 1.54) is 5.56 Å². The van der Waals surface area contributed by atoms with E-state index < -0.39 is 0 Å². The number of hydrogen-bond donors (Lipinski definition) is 0. The van der Waals surface area contributed by atoms with E-state index in [-0.39, 0.29) is 12.5 Å². The molecule has 2 aromatic rings. The first-order valence-electron chi connectivity index (χ1n) is 9.45. The molecule has 0 saturated carbocycles. The molecule has 1 amide bonds. The maximum atomic E-state index is 12.7. The van der Waals surface area contributed by atoms with E-state index in [9.17, 15) is 4.79 Å². The van der Waals surface area contributed by atoms with E-state index in [1.807, 2.05) is 23.1 Å². The van der Waals surface area contributed by atoms with E-state index in [0.29, 0.717) is 23.6 Å². The van der Waals surface area contributed by atoms with E-state index in [0.717, 1.165) is 25.4 Å². The zero-order valence-corrected chi connectivity index (χ0v) is 15.9. The van der Waals surface area contributed by atoms with Gasteiger partial charge in [-0.2, -0.15) is 0 Å². The van der Waals surface area contributed by atoms with Crippen molar-refractivity contribution in [1.82, 2.24) is 9.80 Å². The van der Waals surface area contributed by atoms with Gasteiger partial charge in [-0.1, -0.05) is 36.4 Å². The lowest BCUT2D eigenvalue weighted by Crippen LogP contribution is -2.36. The van der Waals surface area contributed by atoms with Crippen LogP contribution in [0.15, 0.2) is 54.6 Å². The number of amides is 1. The fourth-order valence-electron chi connectivity index (χ4n) is 4.54. The van der Waals surface area contributed by atoms with Crippen LogP contribution in [0.25, 0.3) is 0 Å². The number of methoxy groups -OCH3 is 1. The van der Waals surface area contributed by atoms with Crippen LogP contribution >= 0.6 is 0 Å². The monoisotopic (exact) mass is 366 g/mol. The molecule has 0 aromatic heterocycles. The van der Waals surface area contributed by atoms with Crippen molar-refractivity contribution in [1.29, 1.82) is 0 Å². The lowest BCUT2D eigenvalue weighted by atomic mass is 9.90. The number of fused-ring (bicyclic) bond motifs is 1. The molecule has 2 saturated heterocycles. The van der Waals surface area contributed by atoms with E-state index >= 15 is 0 Å². The van der Waals surface area contributed by atoms with Gasteiger partial charge in [0.2, 0.25) is 0 Å². The molecule has 0 aliphatic carbocycles. The summed E-state index contributed by atoms with van der Waals surface area (Å²) in [5.41, 5.74) is 1.34. The Morgan fingerprint density at radius 2 is 1.81 bits per heavy atom. The quantitative estimate of drug-likeness (QED) is 0.816. The van der Waals surface area contributed by atoms with Crippen molar-refractivity contribution in [2.45, 2.75) is 6.04 Å². The second-order valence-electron chi connectivity index (χ2n) is 7.49. The van der Waals surface area contributed by atoms with Gasteiger partial charge in [0.1, 0.15) is 11.5 Å². The number of carbonyl (C=O) groups is 1. The average Bonchev–Trinajstić information content (AvgIpc) is 3.23. The van der Waals surface area contributed by atoms with E-state index in [1.54, 1.807) is 13.2 Å². The molecule has 2 heterocycles. The van der Waals surface area contributed by atoms with Crippen molar-refractivity contribution < 1.29 is 14.3 Å². The van der Waals surface area contributed by atoms with Gasteiger partial charge in [-0.05, 0) is 30.7 Å². The molecule has 0 spiro atoms. The first-order valence-corrected chi connectivity index (χ1v) is 9.45. The molecule has 2 fully saturated rings. The van der Waals surface area contributed by atoms with Crippen LogP contribution in [0.5, 0.6) is 11.5 Å². The molecule has 5 heteroatoms. The number of rotatable bonds is 5. The summed E-state index contributed by atoms with van der Waals surface area (Å²) in [5, 5.41) is 0. The highest BCUT2D eigenvalue weighted by Gasteiger charge is 2.47. The van der Waals surface area contributed by atoms with Gasteiger partial charge >= 0.3 is 0 Å². The number of carbonyl (C=O) groups excluding carboxylic acids is 1. The Hall–Kier alpha value is -2.53. The summed E-state index contributed by atoms with van der Waals surface area (Å²) in [5.74, 6) is 2.45. The molecular weight excluding hydrogens is 340 g/mol. The standard InChI is InChI=1S/C22H26N2O3/c1-23-12-17-13-24(14-20(17)22(23)16-7-4-3-5-8-16)21(25)15-27-19-10-6-9-18(11-19)26-2/h3-11,17,20,22H,12-15H2,1-2H3/t17-,20+,22-/m0/s1. The molecule has 2 aromatic carbocycles. The van der Waals surface area contributed by atoms with E-state index in [4.69, 9.17) is 9.47 Å². The topological polar surface area (TPSA) is 42.0 Å². The van der Waals surface area contributed by atoms with Crippen LogP contribution in [0.3, 0.4) is 0 Å². The fraction of sp³-hybridized carbons (Fsp3) is 0.409. The lowest BCUT2D eigenvalue weighted by molar-refractivity contribution is -0.132. The Kier molecular flexibility index (Phi) is 5.03. The minimum absolute atomic E-state index is 0.0571. The highest BCUT2D eigenvalue weighted by atomic mass is 16.5. The normalized spacial score (nSPS) is 24.7. The smallest absolute Gasteiger partial charge is 0.260 e. The Bertz CT molecular complexity index is 795. The summed E-state index contributed by atoms with van der Waals surface area (Å²) in [6, 6.07) is 18.4. The first-order chi connectivity index (χ1) is 13.2. The van der Waals surface area contributed by atoms with Crippen LogP contribution < -0.4 is 9.47 Å². The molecule has 2 aliphatic rings. The highest BCUT2D eigenvalue weighted by molar-refractivity contribution is 5.78. The minimum atomic E-state index is 0.0571. The van der Waals surface area contributed by atoms with Crippen LogP contribution in [0, 0.1) is 11.8 Å². The molecule has 0 N–H and O–H groups in total. The summed E-state index contributed by atoms with van der Waals surface area (Å²) in [7, 11) is 3.81. The molecule has 0 bridgehead atoms. The van der Waals surface area contributed by atoms with Crippen molar-refractivity contribution in [2.24, 2.45) is 11.8 Å². The predicted molar refractivity (Wildman–Crippen MR) is 104 cm³/mol. The number of hydrogen-bond acceptors (Lipinski definition) is 4. The Morgan fingerprint density at radius 1 is 1.04 bits per heavy atom. The Labute approximate surface area is 160 Å². The summed E-state index contributed by atoms with van der Waals surface area (Å²) in [4.78, 5) is 17.1. The fourth-order valence-corrected chi connectivity index (χ4v) is 4.54.